The van der Waals surface area contributed by atoms with Crippen molar-refractivity contribution < 1.29 is 4.74 Å². The molecule has 0 aromatic carbocycles. The molecule has 0 saturated carbocycles. The fraction of sp³-hybridized carbons (Fsp3) is 0.467. The summed E-state index contributed by atoms with van der Waals surface area (Å²) in [6, 6.07) is 3.97. The highest BCUT2D eigenvalue weighted by molar-refractivity contribution is 5.37. The Morgan fingerprint density at radius 2 is 2.24 bits per heavy atom. The third-order valence-electron chi connectivity index (χ3n) is 3.61. The van der Waals surface area contributed by atoms with Gasteiger partial charge < -0.3 is 9.64 Å². The van der Waals surface area contributed by atoms with Crippen LogP contribution in [0.5, 0.6) is 0 Å². The van der Waals surface area contributed by atoms with Crippen molar-refractivity contribution in [3.05, 3.63) is 42.4 Å². The number of nitrogens with zero attached hydrogens (tertiary/aromatic N) is 5. The Morgan fingerprint density at radius 1 is 1.29 bits per heavy atom. The third-order valence-corrected chi connectivity index (χ3v) is 3.61. The summed E-state index contributed by atoms with van der Waals surface area (Å²) in [4.78, 5) is 18.9. The predicted octanol–water partition coefficient (Wildman–Crippen LogP) is 1.41. The Balaban J connectivity index is 1.57. The zero-order valence-corrected chi connectivity index (χ0v) is 12.1. The number of ether oxygens (including phenoxy) is 1. The minimum absolute atomic E-state index is 0.212. The smallest absolute Gasteiger partial charge is 0.132 e. The molecule has 3 rings (SSSR count). The number of aryl methyl sites for hydroxylation is 2. The lowest BCUT2D eigenvalue weighted by atomic mass is 10.1. The lowest BCUT2D eigenvalue weighted by molar-refractivity contribution is 0.0350. The molecule has 6 nitrogen and oxygen atoms in total. The van der Waals surface area contributed by atoms with Gasteiger partial charge in [0.05, 0.1) is 12.7 Å². The number of hydrogen-bond donors (Lipinski definition) is 0. The van der Waals surface area contributed by atoms with Crippen LogP contribution in [0.4, 0.5) is 5.82 Å². The monoisotopic (exact) mass is 285 g/mol. The van der Waals surface area contributed by atoms with E-state index in [1.807, 2.05) is 19.1 Å². The van der Waals surface area contributed by atoms with E-state index < -0.39 is 0 Å². The second-order valence-electron chi connectivity index (χ2n) is 5.20. The van der Waals surface area contributed by atoms with Gasteiger partial charge in [0.1, 0.15) is 18.5 Å². The molecule has 1 atom stereocenters. The average molecular weight is 285 g/mol. The molecule has 0 N–H and O–H groups in total. The highest BCUT2D eigenvalue weighted by Crippen LogP contribution is 2.16. The van der Waals surface area contributed by atoms with E-state index in [4.69, 9.17) is 4.74 Å². The zero-order chi connectivity index (χ0) is 14.5. The van der Waals surface area contributed by atoms with E-state index >= 15 is 0 Å². The highest BCUT2D eigenvalue weighted by atomic mass is 16.5. The van der Waals surface area contributed by atoms with Crippen LogP contribution in [0.2, 0.25) is 0 Å². The van der Waals surface area contributed by atoms with E-state index in [2.05, 4.69) is 24.8 Å². The van der Waals surface area contributed by atoms with Gasteiger partial charge in [-0.2, -0.15) is 0 Å². The summed E-state index contributed by atoms with van der Waals surface area (Å²) in [6.45, 7) is 4.46. The number of morpholine rings is 1. The molecule has 3 heterocycles. The summed E-state index contributed by atoms with van der Waals surface area (Å²) in [7, 11) is 0. The van der Waals surface area contributed by atoms with Crippen LogP contribution in [0.15, 0.2) is 31.0 Å². The van der Waals surface area contributed by atoms with Crippen LogP contribution < -0.4 is 4.90 Å². The van der Waals surface area contributed by atoms with Gasteiger partial charge in [-0.3, -0.25) is 0 Å². The van der Waals surface area contributed by atoms with Crippen molar-refractivity contribution in [3.63, 3.8) is 0 Å². The second kappa shape index (κ2) is 6.58. The van der Waals surface area contributed by atoms with Gasteiger partial charge in [0.2, 0.25) is 0 Å². The summed E-state index contributed by atoms with van der Waals surface area (Å²) >= 11 is 0. The SMILES string of the molecule is Cc1cc(CC[C@H]2CN(c3ccncn3)CCO2)ncn1. The third kappa shape index (κ3) is 3.72. The van der Waals surface area contributed by atoms with Crippen molar-refractivity contribution in [2.75, 3.05) is 24.6 Å². The Kier molecular flexibility index (Phi) is 4.35. The molecule has 6 heteroatoms. The molecule has 110 valence electrons. The molecule has 0 unspecified atom stereocenters. The summed E-state index contributed by atoms with van der Waals surface area (Å²) < 4.78 is 5.85. The van der Waals surface area contributed by atoms with Gasteiger partial charge in [-0.1, -0.05) is 0 Å². The fourth-order valence-electron chi connectivity index (χ4n) is 2.53. The number of hydrogen-bond acceptors (Lipinski definition) is 6. The van der Waals surface area contributed by atoms with Gasteiger partial charge in [0.25, 0.3) is 0 Å². The molecule has 0 spiro atoms. The first-order valence-corrected chi connectivity index (χ1v) is 7.21. The molecule has 1 aliphatic heterocycles. The van der Waals surface area contributed by atoms with Gasteiger partial charge in [-0.05, 0) is 31.9 Å². The Bertz CT molecular complexity index is 577. The van der Waals surface area contributed by atoms with Crippen LogP contribution in [0, 0.1) is 6.92 Å². The highest BCUT2D eigenvalue weighted by Gasteiger charge is 2.21. The van der Waals surface area contributed by atoms with Crippen LogP contribution in [-0.4, -0.2) is 45.7 Å². The van der Waals surface area contributed by atoms with E-state index in [1.54, 1.807) is 18.9 Å². The van der Waals surface area contributed by atoms with Gasteiger partial charge in [-0.25, -0.2) is 19.9 Å². The number of aromatic nitrogens is 4. The zero-order valence-electron chi connectivity index (χ0n) is 12.1. The molecule has 1 fully saturated rings. The molecular formula is C15H19N5O. The van der Waals surface area contributed by atoms with E-state index in [9.17, 15) is 0 Å². The minimum atomic E-state index is 0.212. The molecule has 21 heavy (non-hydrogen) atoms. The summed E-state index contributed by atoms with van der Waals surface area (Å²) in [5.41, 5.74) is 2.08. The number of anilines is 1. The van der Waals surface area contributed by atoms with Gasteiger partial charge >= 0.3 is 0 Å². The van der Waals surface area contributed by atoms with Crippen molar-refractivity contribution in [2.45, 2.75) is 25.9 Å². The van der Waals surface area contributed by atoms with Crippen molar-refractivity contribution >= 4 is 5.82 Å². The lowest BCUT2D eigenvalue weighted by Gasteiger charge is -2.33. The van der Waals surface area contributed by atoms with Crippen molar-refractivity contribution in [1.82, 2.24) is 19.9 Å². The molecule has 2 aromatic rings. The average Bonchev–Trinajstić information content (AvgIpc) is 2.54. The summed E-state index contributed by atoms with van der Waals surface area (Å²) in [5.74, 6) is 0.969. The maximum atomic E-state index is 5.85. The van der Waals surface area contributed by atoms with E-state index in [0.717, 1.165) is 49.7 Å². The van der Waals surface area contributed by atoms with Crippen LogP contribution in [0.3, 0.4) is 0 Å². The summed E-state index contributed by atoms with van der Waals surface area (Å²) in [5, 5.41) is 0. The largest absolute Gasteiger partial charge is 0.375 e. The molecule has 0 aliphatic carbocycles. The second-order valence-corrected chi connectivity index (χ2v) is 5.20. The van der Waals surface area contributed by atoms with Crippen LogP contribution in [-0.2, 0) is 11.2 Å². The maximum Gasteiger partial charge on any atom is 0.132 e. The van der Waals surface area contributed by atoms with E-state index in [0.29, 0.717) is 0 Å². The minimum Gasteiger partial charge on any atom is -0.375 e. The maximum absolute atomic E-state index is 5.85. The fourth-order valence-corrected chi connectivity index (χ4v) is 2.53. The molecule has 0 bridgehead atoms. The Morgan fingerprint density at radius 3 is 3.05 bits per heavy atom. The quantitative estimate of drug-likeness (QED) is 0.846. The van der Waals surface area contributed by atoms with Crippen LogP contribution in [0.1, 0.15) is 17.8 Å². The molecule has 2 aromatic heterocycles. The van der Waals surface area contributed by atoms with Crippen molar-refractivity contribution in [3.8, 4) is 0 Å². The molecule has 1 saturated heterocycles. The van der Waals surface area contributed by atoms with Crippen molar-refractivity contribution in [1.29, 1.82) is 0 Å². The van der Waals surface area contributed by atoms with E-state index in [-0.39, 0.29) is 6.10 Å². The van der Waals surface area contributed by atoms with Gasteiger partial charge in [0, 0.05) is 30.7 Å². The molecule has 0 amide bonds. The first kappa shape index (κ1) is 13.9. The first-order chi connectivity index (χ1) is 10.3. The van der Waals surface area contributed by atoms with Gasteiger partial charge in [-0.15, -0.1) is 0 Å². The Labute approximate surface area is 124 Å². The topological polar surface area (TPSA) is 64.0 Å². The molecule has 1 aliphatic rings. The first-order valence-electron chi connectivity index (χ1n) is 7.21. The standard InChI is InChI=1S/C15H19N5O/c1-12-8-13(18-11-17-12)2-3-14-9-20(6-7-21-14)15-4-5-16-10-19-15/h4-5,8,10-11,14H,2-3,6-7,9H2,1H3/t14-/m0/s1. The van der Waals surface area contributed by atoms with Crippen LogP contribution in [0.25, 0.3) is 0 Å². The summed E-state index contributed by atoms with van der Waals surface area (Å²) in [6.07, 6.45) is 7.06. The van der Waals surface area contributed by atoms with Crippen LogP contribution >= 0.6 is 0 Å². The van der Waals surface area contributed by atoms with E-state index in [1.165, 1.54) is 0 Å². The molecular weight excluding hydrogens is 266 g/mol. The predicted molar refractivity (Wildman–Crippen MR) is 79.1 cm³/mol. The Hall–Kier alpha value is -2.08. The van der Waals surface area contributed by atoms with Gasteiger partial charge in [0.15, 0.2) is 0 Å². The molecule has 0 radical (unpaired) electrons. The normalized spacial score (nSPS) is 18.7. The lowest BCUT2D eigenvalue weighted by Crippen LogP contribution is -2.43. The van der Waals surface area contributed by atoms with Crippen molar-refractivity contribution in [2.24, 2.45) is 0 Å². The number of rotatable bonds is 4.